The van der Waals surface area contributed by atoms with E-state index in [-0.39, 0.29) is 0 Å². The van der Waals surface area contributed by atoms with Crippen LogP contribution in [-0.2, 0) is 6.54 Å². The zero-order chi connectivity index (χ0) is 11.5. The Morgan fingerprint density at radius 3 is 2.94 bits per heavy atom. The first-order valence-electron chi connectivity index (χ1n) is 4.81. The number of thiophene rings is 1. The van der Waals surface area contributed by atoms with E-state index in [0.29, 0.717) is 5.89 Å². The first kappa shape index (κ1) is 12.3. The molecule has 6 heteroatoms. The molecule has 0 saturated carbocycles. The Labute approximate surface area is 115 Å². The van der Waals surface area contributed by atoms with Gasteiger partial charge < -0.3 is 9.73 Å². The second kappa shape index (κ2) is 5.44. The smallest absolute Gasteiger partial charge is 0.236 e. The summed E-state index contributed by atoms with van der Waals surface area (Å²) in [6, 6.07) is 2.00. The van der Waals surface area contributed by atoms with Crippen molar-refractivity contribution in [2.75, 3.05) is 6.54 Å². The number of nitrogens with zero attached hydrogens (tertiary/aromatic N) is 1. The highest BCUT2D eigenvalue weighted by Crippen LogP contribution is 2.37. The summed E-state index contributed by atoms with van der Waals surface area (Å²) in [5.74, 6) is 0.671. The van der Waals surface area contributed by atoms with Crippen LogP contribution in [0.4, 0.5) is 0 Å². The minimum absolute atomic E-state index is 0.671. The van der Waals surface area contributed by atoms with Crippen LogP contribution in [0.5, 0.6) is 0 Å². The lowest BCUT2D eigenvalue weighted by Gasteiger charge is -1.93. The highest BCUT2D eigenvalue weighted by Gasteiger charge is 2.11. The van der Waals surface area contributed by atoms with Crippen LogP contribution in [0.3, 0.4) is 0 Å². The van der Waals surface area contributed by atoms with Crippen LogP contribution in [0, 0.1) is 0 Å². The minimum atomic E-state index is 0.671. The van der Waals surface area contributed by atoms with Gasteiger partial charge in [-0.2, -0.15) is 0 Å². The fourth-order valence-corrected chi connectivity index (χ4v) is 3.17. The molecule has 0 aliphatic rings. The maximum atomic E-state index is 5.43. The van der Waals surface area contributed by atoms with Crippen LogP contribution < -0.4 is 5.32 Å². The van der Waals surface area contributed by atoms with Gasteiger partial charge in [0, 0.05) is 11.0 Å². The molecule has 2 aromatic heterocycles. The van der Waals surface area contributed by atoms with Crippen molar-refractivity contribution >= 4 is 43.2 Å². The quantitative estimate of drug-likeness (QED) is 0.888. The molecule has 0 aliphatic heterocycles. The van der Waals surface area contributed by atoms with E-state index in [1.165, 1.54) is 0 Å². The van der Waals surface area contributed by atoms with Crippen molar-refractivity contribution in [2.24, 2.45) is 0 Å². The van der Waals surface area contributed by atoms with Gasteiger partial charge in [-0.25, -0.2) is 4.98 Å². The minimum Gasteiger partial charge on any atom is -0.444 e. The molecule has 0 fully saturated rings. The van der Waals surface area contributed by atoms with Gasteiger partial charge in [0.1, 0.15) is 6.26 Å². The fourth-order valence-electron chi connectivity index (χ4n) is 1.21. The summed E-state index contributed by atoms with van der Waals surface area (Å²) in [5, 5.41) is 3.21. The first-order chi connectivity index (χ1) is 7.70. The molecule has 0 atom stereocenters. The third-order valence-electron chi connectivity index (χ3n) is 1.96. The Hall–Kier alpha value is -0.170. The van der Waals surface area contributed by atoms with Gasteiger partial charge in [-0.1, -0.05) is 6.92 Å². The molecule has 0 spiro atoms. The van der Waals surface area contributed by atoms with Crippen LogP contribution in [0.15, 0.2) is 25.0 Å². The van der Waals surface area contributed by atoms with Crippen molar-refractivity contribution in [3.05, 3.63) is 26.3 Å². The predicted molar refractivity (Wildman–Crippen MR) is 72.6 cm³/mol. The van der Waals surface area contributed by atoms with E-state index in [9.17, 15) is 0 Å². The molecule has 0 saturated heterocycles. The van der Waals surface area contributed by atoms with Crippen molar-refractivity contribution in [2.45, 2.75) is 13.5 Å². The average molecular weight is 366 g/mol. The van der Waals surface area contributed by atoms with Gasteiger partial charge in [0.15, 0.2) is 0 Å². The Morgan fingerprint density at radius 2 is 2.31 bits per heavy atom. The normalized spacial score (nSPS) is 10.9. The Morgan fingerprint density at radius 1 is 1.50 bits per heavy atom. The van der Waals surface area contributed by atoms with Gasteiger partial charge in [0.25, 0.3) is 0 Å². The number of rotatable bonds is 4. The molecule has 86 valence electrons. The van der Waals surface area contributed by atoms with E-state index in [2.05, 4.69) is 49.1 Å². The predicted octanol–water partition coefficient (Wildman–Crippen LogP) is 4.04. The summed E-state index contributed by atoms with van der Waals surface area (Å²) in [7, 11) is 0. The maximum absolute atomic E-state index is 5.43. The molecular weight excluding hydrogens is 356 g/mol. The molecule has 0 bridgehead atoms. The molecular formula is C10H10Br2N2OS. The number of aromatic nitrogens is 1. The van der Waals surface area contributed by atoms with Crippen LogP contribution >= 0.6 is 43.2 Å². The first-order valence-corrected chi connectivity index (χ1v) is 7.21. The molecule has 0 unspecified atom stereocenters. The van der Waals surface area contributed by atoms with Crippen molar-refractivity contribution in [1.82, 2.24) is 10.3 Å². The Balaban J connectivity index is 2.18. The van der Waals surface area contributed by atoms with E-state index >= 15 is 0 Å². The molecule has 0 radical (unpaired) electrons. The van der Waals surface area contributed by atoms with Gasteiger partial charge >= 0.3 is 0 Å². The Kier molecular flexibility index (Phi) is 4.18. The van der Waals surface area contributed by atoms with Gasteiger partial charge in [-0.3, -0.25) is 0 Å². The summed E-state index contributed by atoms with van der Waals surface area (Å²) < 4.78 is 7.51. The summed E-state index contributed by atoms with van der Waals surface area (Å²) in [6.07, 6.45) is 1.69. The monoisotopic (exact) mass is 364 g/mol. The molecule has 0 amide bonds. The zero-order valence-electron chi connectivity index (χ0n) is 8.59. The maximum Gasteiger partial charge on any atom is 0.236 e. The molecule has 2 heterocycles. The third kappa shape index (κ3) is 2.74. The second-order valence-corrected chi connectivity index (χ2v) is 6.38. The standard InChI is InChI=1S/C10H10Br2N2OS/c1-2-13-4-6-5-15-10(14-6)8-3-7(11)9(12)16-8/h3,5,13H,2,4H2,1H3. The van der Waals surface area contributed by atoms with Crippen LogP contribution in [0.25, 0.3) is 10.8 Å². The average Bonchev–Trinajstić information content (AvgIpc) is 2.84. The highest BCUT2D eigenvalue weighted by atomic mass is 79.9. The molecule has 2 aromatic rings. The molecule has 2 rings (SSSR count). The Bertz CT molecular complexity index is 461. The third-order valence-corrected chi connectivity index (χ3v) is 5.21. The fraction of sp³-hybridized carbons (Fsp3) is 0.300. The lowest BCUT2D eigenvalue weighted by molar-refractivity contribution is 0.572. The van der Waals surface area contributed by atoms with Crippen LogP contribution in [0.2, 0.25) is 0 Å². The summed E-state index contributed by atoms with van der Waals surface area (Å²) >= 11 is 8.49. The van der Waals surface area contributed by atoms with E-state index in [1.54, 1.807) is 17.6 Å². The van der Waals surface area contributed by atoms with E-state index in [4.69, 9.17) is 4.42 Å². The van der Waals surface area contributed by atoms with Gasteiger partial charge in [0.05, 0.1) is 14.4 Å². The van der Waals surface area contributed by atoms with Crippen molar-refractivity contribution in [3.63, 3.8) is 0 Å². The number of halogens is 2. The number of hydrogen-bond acceptors (Lipinski definition) is 4. The van der Waals surface area contributed by atoms with Crippen molar-refractivity contribution < 1.29 is 4.42 Å². The van der Waals surface area contributed by atoms with Crippen molar-refractivity contribution in [1.29, 1.82) is 0 Å². The topological polar surface area (TPSA) is 38.1 Å². The lowest BCUT2D eigenvalue weighted by atomic mass is 10.4. The molecule has 16 heavy (non-hydrogen) atoms. The van der Waals surface area contributed by atoms with Crippen LogP contribution in [-0.4, -0.2) is 11.5 Å². The molecule has 3 nitrogen and oxygen atoms in total. The van der Waals surface area contributed by atoms with E-state index in [0.717, 1.165) is 31.9 Å². The summed E-state index contributed by atoms with van der Waals surface area (Å²) in [4.78, 5) is 5.43. The second-order valence-electron chi connectivity index (χ2n) is 3.16. The number of oxazole rings is 1. The summed E-state index contributed by atoms with van der Waals surface area (Å²) in [6.45, 7) is 3.74. The molecule has 0 aromatic carbocycles. The lowest BCUT2D eigenvalue weighted by Crippen LogP contribution is -2.11. The SMILES string of the molecule is CCNCc1coc(-c2cc(Br)c(Br)s2)n1. The number of nitrogens with one attached hydrogen (secondary N) is 1. The largest absolute Gasteiger partial charge is 0.444 e. The molecule has 0 aliphatic carbocycles. The van der Waals surface area contributed by atoms with Gasteiger partial charge in [-0.15, -0.1) is 11.3 Å². The van der Waals surface area contributed by atoms with Crippen molar-refractivity contribution in [3.8, 4) is 10.8 Å². The zero-order valence-corrected chi connectivity index (χ0v) is 12.6. The van der Waals surface area contributed by atoms with Gasteiger partial charge in [-0.05, 0) is 44.5 Å². The van der Waals surface area contributed by atoms with E-state index in [1.807, 2.05) is 6.07 Å². The van der Waals surface area contributed by atoms with Gasteiger partial charge in [0.2, 0.25) is 5.89 Å². The van der Waals surface area contributed by atoms with E-state index < -0.39 is 0 Å². The highest BCUT2D eigenvalue weighted by molar-refractivity contribution is 9.13. The van der Waals surface area contributed by atoms with Crippen LogP contribution in [0.1, 0.15) is 12.6 Å². The molecule has 1 N–H and O–H groups in total. The summed E-state index contributed by atoms with van der Waals surface area (Å²) in [5.41, 5.74) is 0.928. The number of hydrogen-bond donors (Lipinski definition) is 1.